The Morgan fingerprint density at radius 1 is 1.42 bits per heavy atom. The van der Waals surface area contributed by atoms with Crippen molar-refractivity contribution in [3.05, 3.63) is 22.9 Å². The highest BCUT2D eigenvalue weighted by Crippen LogP contribution is 2.34. The highest BCUT2D eigenvalue weighted by atomic mass is 16.5. The molecular weight excluding hydrogens is 238 g/mol. The summed E-state index contributed by atoms with van der Waals surface area (Å²) in [6.07, 6.45) is 6.06. The number of hydrogen-bond acceptors (Lipinski definition) is 4. The topological polar surface area (TPSA) is 51.4 Å². The van der Waals surface area contributed by atoms with Crippen LogP contribution < -0.4 is 10.6 Å². The molecule has 0 aromatic carbocycles. The fourth-order valence-corrected chi connectivity index (χ4v) is 2.94. The average Bonchev–Trinajstić information content (AvgIpc) is 3.16. The Kier molecular flexibility index (Phi) is 3.71. The zero-order valence-corrected chi connectivity index (χ0v) is 11.7. The zero-order valence-electron chi connectivity index (χ0n) is 11.7. The van der Waals surface area contributed by atoms with Gasteiger partial charge >= 0.3 is 0 Å². The van der Waals surface area contributed by atoms with Crippen molar-refractivity contribution in [2.45, 2.75) is 44.7 Å². The molecule has 2 N–H and O–H groups in total. The molecule has 0 aliphatic heterocycles. The van der Waals surface area contributed by atoms with Crippen molar-refractivity contribution in [1.82, 2.24) is 4.98 Å². The summed E-state index contributed by atoms with van der Waals surface area (Å²) in [6, 6.07) is 2.93. The minimum Gasteiger partial charge on any atom is -0.383 e. The molecule has 0 spiro atoms. The molecule has 1 aromatic heterocycles. The normalized spacial score (nSPS) is 17.6. The van der Waals surface area contributed by atoms with Crippen molar-refractivity contribution in [3.8, 4) is 0 Å². The van der Waals surface area contributed by atoms with E-state index in [1.54, 1.807) is 7.11 Å². The Morgan fingerprint density at radius 3 is 2.95 bits per heavy atom. The lowest BCUT2D eigenvalue weighted by Gasteiger charge is -2.26. The van der Waals surface area contributed by atoms with E-state index in [9.17, 15) is 0 Å². The highest BCUT2D eigenvalue weighted by Gasteiger charge is 2.31. The molecule has 0 bridgehead atoms. The number of nitrogens with two attached hydrogens (primary N) is 1. The standard InChI is InChI=1S/C15H23N3O/c1-19-8-7-18(13-5-6-13)15-12(10-16)9-11-3-2-4-14(11)17-15/h9,13H,2-8,10,16H2,1H3. The van der Waals surface area contributed by atoms with Crippen molar-refractivity contribution < 1.29 is 4.74 Å². The van der Waals surface area contributed by atoms with Gasteiger partial charge in [-0.15, -0.1) is 0 Å². The lowest BCUT2D eigenvalue weighted by molar-refractivity contribution is 0.204. The Hall–Kier alpha value is -1.13. The van der Waals surface area contributed by atoms with Gasteiger partial charge in [0.1, 0.15) is 5.82 Å². The van der Waals surface area contributed by atoms with Crippen LogP contribution >= 0.6 is 0 Å². The molecule has 0 saturated heterocycles. The monoisotopic (exact) mass is 261 g/mol. The van der Waals surface area contributed by atoms with Crippen LogP contribution in [0.25, 0.3) is 0 Å². The van der Waals surface area contributed by atoms with Crippen LogP contribution in [0.1, 0.15) is 36.1 Å². The van der Waals surface area contributed by atoms with Gasteiger partial charge in [-0.3, -0.25) is 0 Å². The summed E-state index contributed by atoms with van der Waals surface area (Å²) in [5.74, 6) is 1.11. The molecular formula is C15H23N3O. The molecule has 0 unspecified atom stereocenters. The summed E-state index contributed by atoms with van der Waals surface area (Å²) in [4.78, 5) is 7.34. The number of aryl methyl sites for hydroxylation is 2. The average molecular weight is 261 g/mol. The highest BCUT2D eigenvalue weighted by molar-refractivity contribution is 5.52. The molecule has 0 radical (unpaired) electrons. The van der Waals surface area contributed by atoms with E-state index in [4.69, 9.17) is 15.5 Å². The van der Waals surface area contributed by atoms with Gasteiger partial charge in [-0.2, -0.15) is 0 Å². The Balaban J connectivity index is 1.92. The molecule has 0 amide bonds. The fourth-order valence-electron chi connectivity index (χ4n) is 2.94. The predicted octanol–water partition coefficient (Wildman–Crippen LogP) is 1.64. The summed E-state index contributed by atoms with van der Waals surface area (Å²) < 4.78 is 5.24. The summed E-state index contributed by atoms with van der Waals surface area (Å²) in [7, 11) is 1.76. The molecule has 1 heterocycles. The second-order valence-electron chi connectivity index (χ2n) is 5.55. The first-order valence-corrected chi connectivity index (χ1v) is 7.30. The first-order chi connectivity index (χ1) is 9.33. The largest absolute Gasteiger partial charge is 0.383 e. The van der Waals surface area contributed by atoms with Crippen LogP contribution in [-0.4, -0.2) is 31.3 Å². The van der Waals surface area contributed by atoms with Crippen LogP contribution in [0.15, 0.2) is 6.07 Å². The van der Waals surface area contributed by atoms with E-state index in [1.165, 1.54) is 36.1 Å². The van der Waals surface area contributed by atoms with Crippen LogP contribution in [0.3, 0.4) is 0 Å². The van der Waals surface area contributed by atoms with E-state index in [-0.39, 0.29) is 0 Å². The molecule has 1 fully saturated rings. The molecule has 1 aromatic rings. The van der Waals surface area contributed by atoms with E-state index in [2.05, 4.69) is 11.0 Å². The van der Waals surface area contributed by atoms with E-state index in [1.807, 2.05) is 0 Å². The molecule has 4 nitrogen and oxygen atoms in total. The van der Waals surface area contributed by atoms with E-state index in [0.717, 1.165) is 31.8 Å². The van der Waals surface area contributed by atoms with Crippen LogP contribution in [0.5, 0.6) is 0 Å². The smallest absolute Gasteiger partial charge is 0.133 e. The quantitative estimate of drug-likeness (QED) is 0.846. The lowest BCUT2D eigenvalue weighted by Crippen LogP contribution is -2.32. The summed E-state index contributed by atoms with van der Waals surface area (Å²) in [5.41, 5.74) is 9.83. The molecule has 0 atom stereocenters. The Morgan fingerprint density at radius 2 is 2.26 bits per heavy atom. The number of ether oxygens (including phenoxy) is 1. The minimum atomic E-state index is 0.575. The van der Waals surface area contributed by atoms with Crippen LogP contribution in [0.2, 0.25) is 0 Å². The molecule has 104 valence electrons. The number of aromatic nitrogens is 1. The van der Waals surface area contributed by atoms with Gasteiger partial charge in [-0.05, 0) is 43.7 Å². The van der Waals surface area contributed by atoms with Crippen LogP contribution in [-0.2, 0) is 24.1 Å². The predicted molar refractivity (Wildman–Crippen MR) is 76.4 cm³/mol. The lowest BCUT2D eigenvalue weighted by atomic mass is 10.1. The molecule has 2 aliphatic carbocycles. The van der Waals surface area contributed by atoms with Gasteiger partial charge < -0.3 is 15.4 Å². The summed E-state index contributed by atoms with van der Waals surface area (Å²) in [6.45, 7) is 2.24. The maximum Gasteiger partial charge on any atom is 0.133 e. The van der Waals surface area contributed by atoms with Crippen molar-refractivity contribution in [3.63, 3.8) is 0 Å². The first-order valence-electron chi connectivity index (χ1n) is 7.30. The number of fused-ring (bicyclic) bond motifs is 1. The van der Waals surface area contributed by atoms with Gasteiger partial charge in [0, 0.05) is 37.5 Å². The van der Waals surface area contributed by atoms with Gasteiger partial charge in [0.2, 0.25) is 0 Å². The number of pyridine rings is 1. The number of nitrogens with zero attached hydrogens (tertiary/aromatic N) is 2. The SMILES string of the molecule is COCCN(c1nc2c(cc1CN)CCC2)C1CC1. The molecule has 2 aliphatic rings. The summed E-state index contributed by atoms with van der Waals surface area (Å²) in [5, 5.41) is 0. The fraction of sp³-hybridized carbons (Fsp3) is 0.667. The van der Waals surface area contributed by atoms with Gasteiger partial charge in [0.05, 0.1) is 6.61 Å². The first kappa shape index (κ1) is 12.9. The second kappa shape index (κ2) is 5.47. The van der Waals surface area contributed by atoms with Gasteiger partial charge in [0.15, 0.2) is 0 Å². The Bertz CT molecular complexity index is 457. The molecule has 4 heteroatoms. The van der Waals surface area contributed by atoms with Gasteiger partial charge in [0.25, 0.3) is 0 Å². The third-order valence-electron chi connectivity index (χ3n) is 4.12. The minimum absolute atomic E-state index is 0.575. The number of methoxy groups -OCH3 is 1. The maximum atomic E-state index is 5.93. The third-order valence-corrected chi connectivity index (χ3v) is 4.12. The second-order valence-corrected chi connectivity index (χ2v) is 5.55. The van der Waals surface area contributed by atoms with Crippen molar-refractivity contribution in [1.29, 1.82) is 0 Å². The zero-order chi connectivity index (χ0) is 13.2. The number of rotatable bonds is 6. The molecule has 1 saturated carbocycles. The van der Waals surface area contributed by atoms with Gasteiger partial charge in [-0.25, -0.2) is 4.98 Å². The maximum absolute atomic E-state index is 5.93. The third kappa shape index (κ3) is 2.60. The van der Waals surface area contributed by atoms with Crippen molar-refractivity contribution in [2.75, 3.05) is 25.2 Å². The van der Waals surface area contributed by atoms with Crippen molar-refractivity contribution in [2.24, 2.45) is 5.73 Å². The van der Waals surface area contributed by atoms with E-state index in [0.29, 0.717) is 12.6 Å². The molecule has 19 heavy (non-hydrogen) atoms. The van der Waals surface area contributed by atoms with E-state index >= 15 is 0 Å². The molecule has 3 rings (SSSR count). The van der Waals surface area contributed by atoms with Crippen LogP contribution in [0, 0.1) is 0 Å². The Labute approximate surface area is 115 Å². The summed E-state index contributed by atoms with van der Waals surface area (Å²) >= 11 is 0. The van der Waals surface area contributed by atoms with Crippen LogP contribution in [0.4, 0.5) is 5.82 Å². The van der Waals surface area contributed by atoms with E-state index < -0.39 is 0 Å². The number of hydrogen-bond donors (Lipinski definition) is 1. The van der Waals surface area contributed by atoms with Gasteiger partial charge in [-0.1, -0.05) is 0 Å². The van der Waals surface area contributed by atoms with Crippen molar-refractivity contribution >= 4 is 5.82 Å². The number of anilines is 1.